The number of thioether (sulfide) groups is 1. The molecule has 2 amide bonds. The van der Waals surface area contributed by atoms with E-state index in [-0.39, 0.29) is 11.8 Å². The fourth-order valence-electron chi connectivity index (χ4n) is 3.58. The third-order valence-electron chi connectivity index (χ3n) is 5.26. The van der Waals surface area contributed by atoms with Gasteiger partial charge < -0.3 is 20.1 Å². The van der Waals surface area contributed by atoms with Crippen LogP contribution in [0.1, 0.15) is 21.2 Å². The van der Waals surface area contributed by atoms with Crippen LogP contribution in [0, 0.1) is 0 Å². The molecule has 36 heavy (non-hydrogen) atoms. The standard InChI is InChI=1S/C28H25N3O4S/c1-34-22-14-9-15-23(35-2)25(22)27(32)30-20-12-8-13-21(18-20)36-26(19-10-4-3-5-11-19)28(33)31-24-16-6-7-17-29-24/h3-18,26H,1-2H3,(H,30,32)(H,29,31,33). The second-order valence-electron chi connectivity index (χ2n) is 7.63. The van der Waals surface area contributed by atoms with E-state index in [0.29, 0.717) is 28.6 Å². The van der Waals surface area contributed by atoms with Crippen molar-refractivity contribution in [2.24, 2.45) is 0 Å². The molecule has 0 aliphatic carbocycles. The zero-order valence-electron chi connectivity index (χ0n) is 19.8. The lowest BCUT2D eigenvalue weighted by Crippen LogP contribution is -2.19. The SMILES string of the molecule is COc1cccc(OC)c1C(=O)Nc1cccc(SC(C(=O)Nc2ccccn2)c2ccccc2)c1. The zero-order chi connectivity index (χ0) is 25.3. The van der Waals surface area contributed by atoms with E-state index in [1.807, 2.05) is 54.6 Å². The molecule has 0 radical (unpaired) electrons. The van der Waals surface area contributed by atoms with E-state index >= 15 is 0 Å². The summed E-state index contributed by atoms with van der Waals surface area (Å²) in [7, 11) is 3.01. The van der Waals surface area contributed by atoms with Crippen LogP contribution < -0.4 is 20.1 Å². The number of hydrogen-bond donors (Lipinski definition) is 2. The predicted octanol–water partition coefficient (Wildman–Crippen LogP) is 5.82. The molecule has 0 spiro atoms. The summed E-state index contributed by atoms with van der Waals surface area (Å²) in [6.07, 6.45) is 1.63. The molecule has 1 heterocycles. The molecular formula is C28H25N3O4S. The Morgan fingerprint density at radius 2 is 1.50 bits per heavy atom. The number of nitrogens with one attached hydrogen (secondary N) is 2. The minimum atomic E-state index is -0.534. The van der Waals surface area contributed by atoms with Crippen molar-refractivity contribution >= 4 is 35.1 Å². The van der Waals surface area contributed by atoms with Gasteiger partial charge in [-0.1, -0.05) is 48.5 Å². The van der Waals surface area contributed by atoms with Gasteiger partial charge in [-0.3, -0.25) is 9.59 Å². The van der Waals surface area contributed by atoms with Crippen LogP contribution in [0.25, 0.3) is 0 Å². The van der Waals surface area contributed by atoms with Crippen LogP contribution in [-0.4, -0.2) is 31.0 Å². The number of pyridine rings is 1. The molecule has 1 unspecified atom stereocenters. The van der Waals surface area contributed by atoms with E-state index in [1.165, 1.54) is 26.0 Å². The fraction of sp³-hybridized carbons (Fsp3) is 0.107. The van der Waals surface area contributed by atoms with Crippen molar-refractivity contribution in [2.75, 3.05) is 24.9 Å². The third-order valence-corrected chi connectivity index (χ3v) is 6.51. The molecule has 0 bridgehead atoms. The van der Waals surface area contributed by atoms with Crippen molar-refractivity contribution in [3.05, 3.63) is 108 Å². The number of nitrogens with zero attached hydrogens (tertiary/aromatic N) is 1. The molecule has 1 aromatic heterocycles. The smallest absolute Gasteiger partial charge is 0.263 e. The normalized spacial score (nSPS) is 11.3. The molecule has 0 saturated carbocycles. The maximum Gasteiger partial charge on any atom is 0.263 e. The van der Waals surface area contributed by atoms with Crippen molar-refractivity contribution in [1.82, 2.24) is 4.98 Å². The molecule has 2 N–H and O–H groups in total. The first-order valence-corrected chi connectivity index (χ1v) is 12.0. The molecule has 8 heteroatoms. The number of ether oxygens (including phenoxy) is 2. The van der Waals surface area contributed by atoms with E-state index in [1.54, 1.807) is 42.6 Å². The summed E-state index contributed by atoms with van der Waals surface area (Å²) in [4.78, 5) is 31.3. The lowest BCUT2D eigenvalue weighted by atomic mass is 10.1. The third kappa shape index (κ3) is 6.03. The number of aromatic nitrogens is 1. The Morgan fingerprint density at radius 3 is 2.17 bits per heavy atom. The maximum atomic E-state index is 13.2. The number of carbonyl (C=O) groups is 2. The first-order valence-electron chi connectivity index (χ1n) is 11.1. The molecule has 0 aliphatic heterocycles. The Morgan fingerprint density at radius 1 is 0.806 bits per heavy atom. The summed E-state index contributed by atoms with van der Waals surface area (Å²) in [6, 6.07) is 27.4. The van der Waals surface area contributed by atoms with Crippen LogP contribution >= 0.6 is 11.8 Å². The van der Waals surface area contributed by atoms with E-state index < -0.39 is 5.25 Å². The number of carbonyl (C=O) groups excluding carboxylic acids is 2. The molecule has 4 rings (SSSR count). The zero-order valence-corrected chi connectivity index (χ0v) is 20.6. The van der Waals surface area contributed by atoms with Gasteiger partial charge in [-0.25, -0.2) is 4.98 Å². The van der Waals surface area contributed by atoms with Crippen molar-refractivity contribution < 1.29 is 19.1 Å². The van der Waals surface area contributed by atoms with Gasteiger partial charge in [-0.15, -0.1) is 11.8 Å². The average Bonchev–Trinajstić information content (AvgIpc) is 2.92. The van der Waals surface area contributed by atoms with Gasteiger partial charge in [-0.2, -0.15) is 0 Å². The summed E-state index contributed by atoms with van der Waals surface area (Å²) >= 11 is 1.38. The van der Waals surface area contributed by atoms with E-state index in [4.69, 9.17) is 9.47 Å². The minimum absolute atomic E-state index is 0.196. The first kappa shape index (κ1) is 24.8. The number of anilines is 2. The van der Waals surface area contributed by atoms with Crippen LogP contribution in [0.2, 0.25) is 0 Å². The van der Waals surface area contributed by atoms with Gasteiger partial charge in [-0.05, 0) is 48.0 Å². The lowest BCUT2D eigenvalue weighted by molar-refractivity contribution is -0.115. The number of hydrogen-bond acceptors (Lipinski definition) is 6. The second-order valence-corrected chi connectivity index (χ2v) is 8.81. The van der Waals surface area contributed by atoms with Crippen LogP contribution in [0.5, 0.6) is 11.5 Å². The van der Waals surface area contributed by atoms with Gasteiger partial charge in [0.25, 0.3) is 5.91 Å². The lowest BCUT2D eigenvalue weighted by Gasteiger charge is -2.17. The Balaban J connectivity index is 1.57. The topological polar surface area (TPSA) is 89.5 Å². The highest BCUT2D eigenvalue weighted by atomic mass is 32.2. The summed E-state index contributed by atoms with van der Waals surface area (Å²) in [5, 5.41) is 5.26. The van der Waals surface area contributed by atoms with Crippen molar-refractivity contribution in [3.8, 4) is 11.5 Å². The first-order chi connectivity index (χ1) is 17.6. The van der Waals surface area contributed by atoms with Crippen LogP contribution in [-0.2, 0) is 4.79 Å². The minimum Gasteiger partial charge on any atom is -0.496 e. The highest BCUT2D eigenvalue weighted by Crippen LogP contribution is 2.37. The van der Waals surface area contributed by atoms with Crippen LogP contribution in [0.15, 0.2) is 102 Å². The highest BCUT2D eigenvalue weighted by molar-refractivity contribution is 8.00. The maximum absolute atomic E-state index is 13.2. The average molecular weight is 500 g/mol. The monoisotopic (exact) mass is 499 g/mol. The quantitative estimate of drug-likeness (QED) is 0.282. The summed E-state index contributed by atoms with van der Waals surface area (Å²) in [6.45, 7) is 0. The van der Waals surface area contributed by atoms with E-state index in [0.717, 1.165) is 10.5 Å². The van der Waals surface area contributed by atoms with Crippen LogP contribution in [0.4, 0.5) is 11.5 Å². The van der Waals surface area contributed by atoms with Crippen LogP contribution in [0.3, 0.4) is 0 Å². The van der Waals surface area contributed by atoms with Crippen molar-refractivity contribution in [3.63, 3.8) is 0 Å². The number of methoxy groups -OCH3 is 2. The summed E-state index contributed by atoms with van der Waals surface area (Å²) in [5.74, 6) is 0.744. The Hall–Kier alpha value is -4.30. The second kappa shape index (κ2) is 11.9. The Kier molecular flexibility index (Phi) is 8.20. The van der Waals surface area contributed by atoms with E-state index in [2.05, 4.69) is 15.6 Å². The van der Waals surface area contributed by atoms with Crippen molar-refractivity contribution in [1.29, 1.82) is 0 Å². The molecule has 1 atom stereocenters. The van der Waals surface area contributed by atoms with E-state index in [9.17, 15) is 9.59 Å². The largest absolute Gasteiger partial charge is 0.496 e. The highest BCUT2D eigenvalue weighted by Gasteiger charge is 2.23. The van der Waals surface area contributed by atoms with Gasteiger partial charge in [0, 0.05) is 16.8 Å². The van der Waals surface area contributed by atoms with Gasteiger partial charge in [0.05, 0.1) is 14.2 Å². The molecule has 0 saturated heterocycles. The molecule has 182 valence electrons. The molecule has 0 fully saturated rings. The molecule has 4 aromatic rings. The fourth-order valence-corrected chi connectivity index (χ4v) is 4.66. The molecule has 0 aliphatic rings. The Labute approximate surface area is 213 Å². The number of benzene rings is 3. The molecular weight excluding hydrogens is 474 g/mol. The predicted molar refractivity (Wildman–Crippen MR) is 142 cm³/mol. The summed E-state index contributed by atoms with van der Waals surface area (Å²) in [5.41, 5.74) is 1.73. The van der Waals surface area contributed by atoms with Gasteiger partial charge in [0.15, 0.2) is 0 Å². The summed E-state index contributed by atoms with van der Waals surface area (Å²) < 4.78 is 10.7. The van der Waals surface area contributed by atoms with Crippen molar-refractivity contribution in [2.45, 2.75) is 10.1 Å². The Bertz CT molecular complexity index is 1310. The van der Waals surface area contributed by atoms with Gasteiger partial charge >= 0.3 is 0 Å². The molecule has 3 aromatic carbocycles. The number of rotatable bonds is 9. The van der Waals surface area contributed by atoms with Gasteiger partial charge in [0.2, 0.25) is 5.91 Å². The van der Waals surface area contributed by atoms with Gasteiger partial charge in [0.1, 0.15) is 28.1 Å². The number of amides is 2. The molecule has 7 nitrogen and oxygen atoms in total.